The number of pyridine rings is 1. The number of aromatic amines is 1. The number of nitrogens with one attached hydrogen (secondary N) is 1. The fraction of sp³-hybridized carbons (Fsp3) is 0.0625. The molecule has 0 saturated carbocycles. The van der Waals surface area contributed by atoms with Crippen molar-refractivity contribution < 1.29 is 4.92 Å². The van der Waals surface area contributed by atoms with Gasteiger partial charge in [0.1, 0.15) is 0 Å². The minimum atomic E-state index is -0.399. The van der Waals surface area contributed by atoms with Crippen LogP contribution in [0.4, 0.5) is 5.69 Å². The van der Waals surface area contributed by atoms with E-state index in [1.165, 1.54) is 6.07 Å². The molecule has 0 radical (unpaired) electrons. The third-order valence-electron chi connectivity index (χ3n) is 3.97. The van der Waals surface area contributed by atoms with Crippen LogP contribution in [0.2, 0.25) is 0 Å². The van der Waals surface area contributed by atoms with Gasteiger partial charge in [0.15, 0.2) is 0 Å². The van der Waals surface area contributed by atoms with Crippen molar-refractivity contribution in [2.45, 2.75) is 6.42 Å². The van der Waals surface area contributed by atoms with Crippen LogP contribution >= 0.6 is 0 Å². The van der Waals surface area contributed by atoms with E-state index in [0.29, 0.717) is 11.8 Å². The van der Waals surface area contributed by atoms with Crippen LogP contribution in [0.5, 0.6) is 0 Å². The number of aromatic nitrogens is 1. The van der Waals surface area contributed by atoms with Crippen LogP contribution in [0, 0.1) is 10.1 Å². The largest absolute Gasteiger partial charge is 0.321 e. The second kappa shape index (κ2) is 4.02. The molecule has 0 atom stereocenters. The second-order valence-corrected chi connectivity index (χ2v) is 5.13. The number of nitro groups is 1. The van der Waals surface area contributed by atoms with E-state index in [2.05, 4.69) is 4.98 Å². The third-order valence-corrected chi connectivity index (χ3v) is 3.97. The van der Waals surface area contributed by atoms with Gasteiger partial charge in [-0.05, 0) is 28.6 Å². The maximum Gasteiger partial charge on any atom is 0.269 e. The molecule has 5 nitrogen and oxygen atoms in total. The van der Waals surface area contributed by atoms with Gasteiger partial charge in [-0.2, -0.15) is 0 Å². The number of benzene rings is 2. The van der Waals surface area contributed by atoms with Crippen LogP contribution in [0.1, 0.15) is 11.1 Å². The Kier molecular flexibility index (Phi) is 2.27. The molecule has 4 rings (SSSR count). The van der Waals surface area contributed by atoms with Crippen molar-refractivity contribution in [1.82, 2.24) is 4.98 Å². The summed E-state index contributed by atoms with van der Waals surface area (Å²) in [6, 6.07) is 12.2. The molecule has 1 heterocycles. The van der Waals surface area contributed by atoms with Crippen LogP contribution in [0.15, 0.2) is 47.3 Å². The standard InChI is InChI=1S/C16H10N2O3/c19-16-13-4-2-1-3-12(13)14-8-9-7-10(18(20)21)5-6-11(9)15(14)17-16/h1-7H,8H2,(H,17,19). The first-order chi connectivity index (χ1) is 10.1. The number of fused-ring (bicyclic) bond motifs is 5. The molecule has 0 spiro atoms. The minimum absolute atomic E-state index is 0.0770. The molecule has 0 saturated heterocycles. The topological polar surface area (TPSA) is 76.0 Å². The summed E-state index contributed by atoms with van der Waals surface area (Å²) in [6.45, 7) is 0. The number of H-pyrrole nitrogens is 1. The average molecular weight is 278 g/mol. The summed E-state index contributed by atoms with van der Waals surface area (Å²) in [5.41, 5.74) is 3.51. The Bertz CT molecular complexity index is 973. The van der Waals surface area contributed by atoms with E-state index in [4.69, 9.17) is 0 Å². The minimum Gasteiger partial charge on any atom is -0.321 e. The molecular weight excluding hydrogens is 268 g/mol. The number of rotatable bonds is 1. The van der Waals surface area contributed by atoms with Crippen molar-refractivity contribution in [2.24, 2.45) is 0 Å². The number of nitrogens with zero attached hydrogens (tertiary/aromatic N) is 1. The zero-order valence-electron chi connectivity index (χ0n) is 10.9. The predicted octanol–water partition coefficient (Wildman–Crippen LogP) is 3.01. The lowest BCUT2D eigenvalue weighted by atomic mass is 10.0. The molecule has 21 heavy (non-hydrogen) atoms. The summed E-state index contributed by atoms with van der Waals surface area (Å²) in [5.74, 6) is 0. The first kappa shape index (κ1) is 11.8. The van der Waals surface area contributed by atoms with Gasteiger partial charge in [-0.3, -0.25) is 14.9 Å². The molecule has 2 aromatic carbocycles. The Morgan fingerprint density at radius 3 is 2.62 bits per heavy atom. The van der Waals surface area contributed by atoms with Gasteiger partial charge in [0.25, 0.3) is 11.2 Å². The van der Waals surface area contributed by atoms with Crippen LogP contribution in [-0.2, 0) is 6.42 Å². The number of hydrogen-bond donors (Lipinski definition) is 1. The normalized spacial score (nSPS) is 12.2. The summed E-state index contributed by atoms with van der Waals surface area (Å²) in [5, 5.41) is 12.5. The average Bonchev–Trinajstić information content (AvgIpc) is 2.85. The third kappa shape index (κ3) is 1.61. The zero-order chi connectivity index (χ0) is 14.6. The van der Waals surface area contributed by atoms with E-state index in [-0.39, 0.29) is 11.2 Å². The predicted molar refractivity (Wildman–Crippen MR) is 79.5 cm³/mol. The van der Waals surface area contributed by atoms with E-state index in [0.717, 1.165) is 27.8 Å². The Morgan fingerprint density at radius 1 is 1.10 bits per heavy atom. The number of hydrogen-bond acceptors (Lipinski definition) is 3. The fourth-order valence-corrected chi connectivity index (χ4v) is 3.02. The fourth-order valence-electron chi connectivity index (χ4n) is 3.02. The smallest absolute Gasteiger partial charge is 0.269 e. The van der Waals surface area contributed by atoms with Crippen LogP contribution in [0.3, 0.4) is 0 Å². The lowest BCUT2D eigenvalue weighted by Gasteiger charge is -2.04. The lowest BCUT2D eigenvalue weighted by molar-refractivity contribution is -0.384. The van der Waals surface area contributed by atoms with Crippen molar-refractivity contribution in [3.05, 3.63) is 74.1 Å². The maximum absolute atomic E-state index is 12.2. The molecule has 1 aliphatic carbocycles. The molecule has 102 valence electrons. The summed E-state index contributed by atoms with van der Waals surface area (Å²) in [6.07, 6.45) is 0.601. The molecule has 0 unspecified atom stereocenters. The Labute approximate surface area is 119 Å². The Balaban J connectivity index is 2.03. The highest BCUT2D eigenvalue weighted by atomic mass is 16.6. The highest BCUT2D eigenvalue weighted by Gasteiger charge is 2.24. The first-order valence-corrected chi connectivity index (χ1v) is 6.57. The Hall–Kier alpha value is -2.95. The van der Waals surface area contributed by atoms with Gasteiger partial charge in [-0.25, -0.2) is 0 Å². The molecule has 1 aliphatic rings. The van der Waals surface area contributed by atoms with Crippen LogP contribution in [0.25, 0.3) is 22.0 Å². The highest BCUT2D eigenvalue weighted by molar-refractivity contribution is 5.92. The molecule has 0 bridgehead atoms. The van der Waals surface area contributed by atoms with Crippen LogP contribution < -0.4 is 5.56 Å². The molecule has 3 aromatic rings. The van der Waals surface area contributed by atoms with Gasteiger partial charge in [0, 0.05) is 29.5 Å². The van der Waals surface area contributed by atoms with Gasteiger partial charge >= 0.3 is 0 Å². The van der Waals surface area contributed by atoms with Gasteiger partial charge in [-0.15, -0.1) is 0 Å². The SMILES string of the molecule is O=c1[nH]c2c(c3ccccc13)Cc1cc([N+](=O)[O-])ccc1-2. The summed E-state index contributed by atoms with van der Waals surface area (Å²) in [7, 11) is 0. The molecule has 0 aliphatic heterocycles. The Morgan fingerprint density at radius 2 is 1.86 bits per heavy atom. The summed E-state index contributed by atoms with van der Waals surface area (Å²) >= 11 is 0. The molecular formula is C16H10N2O3. The highest BCUT2D eigenvalue weighted by Crippen LogP contribution is 2.39. The van der Waals surface area contributed by atoms with E-state index >= 15 is 0 Å². The first-order valence-electron chi connectivity index (χ1n) is 6.57. The quantitative estimate of drug-likeness (QED) is 0.429. The molecule has 5 heteroatoms. The van der Waals surface area contributed by atoms with Gasteiger partial charge in [0.05, 0.1) is 10.6 Å². The van der Waals surface area contributed by atoms with Crippen molar-refractivity contribution in [3.8, 4) is 11.3 Å². The number of nitro benzene ring substituents is 1. The molecule has 0 fully saturated rings. The van der Waals surface area contributed by atoms with Crippen molar-refractivity contribution in [2.75, 3.05) is 0 Å². The van der Waals surface area contributed by atoms with Crippen molar-refractivity contribution >= 4 is 16.5 Å². The molecule has 0 amide bonds. The van der Waals surface area contributed by atoms with E-state index in [9.17, 15) is 14.9 Å². The second-order valence-electron chi connectivity index (χ2n) is 5.13. The summed E-state index contributed by atoms with van der Waals surface area (Å²) in [4.78, 5) is 25.6. The van der Waals surface area contributed by atoms with Crippen molar-refractivity contribution in [3.63, 3.8) is 0 Å². The van der Waals surface area contributed by atoms with E-state index < -0.39 is 4.92 Å². The maximum atomic E-state index is 12.2. The van der Waals surface area contributed by atoms with Crippen LogP contribution in [-0.4, -0.2) is 9.91 Å². The summed E-state index contributed by atoms with van der Waals surface area (Å²) < 4.78 is 0. The number of non-ortho nitro benzene ring substituents is 1. The van der Waals surface area contributed by atoms with E-state index in [1.807, 2.05) is 18.2 Å². The van der Waals surface area contributed by atoms with Gasteiger partial charge in [-0.1, -0.05) is 18.2 Å². The van der Waals surface area contributed by atoms with Gasteiger partial charge < -0.3 is 4.98 Å². The molecule has 1 N–H and O–H groups in total. The van der Waals surface area contributed by atoms with E-state index in [1.54, 1.807) is 18.2 Å². The van der Waals surface area contributed by atoms with Crippen molar-refractivity contribution in [1.29, 1.82) is 0 Å². The molecule has 1 aromatic heterocycles. The zero-order valence-corrected chi connectivity index (χ0v) is 10.9. The van der Waals surface area contributed by atoms with Gasteiger partial charge in [0.2, 0.25) is 0 Å². The lowest BCUT2D eigenvalue weighted by Crippen LogP contribution is -2.08. The monoisotopic (exact) mass is 278 g/mol.